The third-order valence-electron chi connectivity index (χ3n) is 3.76. The van der Waals surface area contributed by atoms with E-state index >= 15 is 0 Å². The average Bonchev–Trinajstić information content (AvgIpc) is 2.38. The van der Waals surface area contributed by atoms with Crippen molar-refractivity contribution in [3.05, 3.63) is 0 Å². The van der Waals surface area contributed by atoms with E-state index in [4.69, 9.17) is 4.74 Å². The maximum atomic E-state index is 12.1. The normalized spacial score (nSPS) is 25.4. The molecule has 0 radical (unpaired) electrons. The number of carbonyl (C=O) groups is 1. The summed E-state index contributed by atoms with van der Waals surface area (Å²) in [4.78, 5) is 11.4. The standard InChI is InChI=1S/C12H23NO5S/c1-3-12(11(14)15)6-5-7-13(10-12)19(16,17)9-8-18-4-2/h3-10H2,1-2H3,(H,14,15). The number of sulfonamides is 1. The molecule has 0 aromatic carbocycles. The van der Waals surface area contributed by atoms with Crippen LogP contribution in [0.5, 0.6) is 0 Å². The summed E-state index contributed by atoms with van der Waals surface area (Å²) in [6.45, 7) is 4.71. The first-order valence-corrected chi connectivity index (χ1v) is 8.28. The lowest BCUT2D eigenvalue weighted by Gasteiger charge is -2.38. The van der Waals surface area contributed by atoms with Gasteiger partial charge in [-0.3, -0.25) is 4.79 Å². The summed E-state index contributed by atoms with van der Waals surface area (Å²) >= 11 is 0. The molecule has 0 amide bonds. The van der Waals surface area contributed by atoms with Gasteiger partial charge in [-0.2, -0.15) is 0 Å². The van der Waals surface area contributed by atoms with Crippen LogP contribution in [0.25, 0.3) is 0 Å². The van der Waals surface area contributed by atoms with Gasteiger partial charge >= 0.3 is 5.97 Å². The lowest BCUT2D eigenvalue weighted by Crippen LogP contribution is -2.50. The molecule has 6 nitrogen and oxygen atoms in total. The number of rotatable bonds is 7. The minimum atomic E-state index is -3.43. The van der Waals surface area contributed by atoms with E-state index in [0.717, 1.165) is 0 Å². The second kappa shape index (κ2) is 6.67. The predicted molar refractivity (Wildman–Crippen MR) is 71.4 cm³/mol. The number of piperidine rings is 1. The summed E-state index contributed by atoms with van der Waals surface area (Å²) in [7, 11) is -3.43. The molecule has 1 aliphatic heterocycles. The van der Waals surface area contributed by atoms with Gasteiger partial charge in [-0.1, -0.05) is 6.92 Å². The first kappa shape index (κ1) is 16.4. The van der Waals surface area contributed by atoms with Gasteiger partial charge < -0.3 is 9.84 Å². The summed E-state index contributed by atoms with van der Waals surface area (Å²) < 4.78 is 30.7. The Morgan fingerprint density at radius 2 is 2.11 bits per heavy atom. The Bertz CT molecular complexity index is 408. The van der Waals surface area contributed by atoms with E-state index in [1.807, 2.05) is 0 Å². The van der Waals surface area contributed by atoms with E-state index in [0.29, 0.717) is 32.4 Å². The van der Waals surface area contributed by atoms with Gasteiger partial charge in [0.05, 0.1) is 17.8 Å². The van der Waals surface area contributed by atoms with E-state index < -0.39 is 21.4 Å². The molecule has 0 saturated carbocycles. The van der Waals surface area contributed by atoms with Crippen molar-refractivity contribution in [2.45, 2.75) is 33.1 Å². The Balaban J connectivity index is 2.76. The van der Waals surface area contributed by atoms with Gasteiger partial charge in [-0.05, 0) is 26.2 Å². The predicted octanol–water partition coefficient (Wildman–Crippen LogP) is 0.929. The summed E-state index contributed by atoms with van der Waals surface area (Å²) in [5.41, 5.74) is -0.934. The molecule has 1 atom stereocenters. The number of hydrogen-bond acceptors (Lipinski definition) is 4. The lowest BCUT2D eigenvalue weighted by molar-refractivity contribution is -0.151. The second-order valence-electron chi connectivity index (χ2n) is 4.89. The summed E-state index contributed by atoms with van der Waals surface area (Å²) in [6, 6.07) is 0. The highest BCUT2D eigenvalue weighted by atomic mass is 32.2. The van der Waals surface area contributed by atoms with E-state index in [9.17, 15) is 18.3 Å². The molecule has 0 aromatic heterocycles. The van der Waals surface area contributed by atoms with Crippen molar-refractivity contribution in [3.8, 4) is 0 Å². The smallest absolute Gasteiger partial charge is 0.310 e. The molecule has 1 unspecified atom stereocenters. The molecule has 7 heteroatoms. The Morgan fingerprint density at radius 3 is 2.63 bits per heavy atom. The first-order valence-electron chi connectivity index (χ1n) is 6.67. The molecule has 1 saturated heterocycles. The van der Waals surface area contributed by atoms with Gasteiger partial charge in [0.2, 0.25) is 10.0 Å². The van der Waals surface area contributed by atoms with E-state index in [1.54, 1.807) is 13.8 Å². The molecule has 0 aliphatic carbocycles. The zero-order chi connectivity index (χ0) is 14.5. The second-order valence-corrected chi connectivity index (χ2v) is 6.98. The topological polar surface area (TPSA) is 83.9 Å². The van der Waals surface area contributed by atoms with Crippen molar-refractivity contribution < 1.29 is 23.1 Å². The van der Waals surface area contributed by atoms with Crippen LogP contribution in [0.3, 0.4) is 0 Å². The number of ether oxygens (including phenoxy) is 1. The maximum absolute atomic E-state index is 12.1. The highest BCUT2D eigenvalue weighted by Crippen LogP contribution is 2.34. The van der Waals surface area contributed by atoms with Crippen LogP contribution in [0, 0.1) is 5.41 Å². The summed E-state index contributed by atoms with van der Waals surface area (Å²) in [5.74, 6) is -0.986. The minimum Gasteiger partial charge on any atom is -0.481 e. The lowest BCUT2D eigenvalue weighted by atomic mass is 9.78. The number of carboxylic acids is 1. The van der Waals surface area contributed by atoms with Crippen LogP contribution in [-0.2, 0) is 19.6 Å². The van der Waals surface area contributed by atoms with Crippen molar-refractivity contribution in [3.63, 3.8) is 0 Å². The van der Waals surface area contributed by atoms with Gasteiger partial charge in [0.15, 0.2) is 0 Å². The quantitative estimate of drug-likeness (QED) is 0.706. The Hall–Kier alpha value is -0.660. The third-order valence-corrected chi connectivity index (χ3v) is 5.54. The van der Waals surface area contributed by atoms with Crippen LogP contribution in [0.1, 0.15) is 33.1 Å². The fraction of sp³-hybridized carbons (Fsp3) is 0.917. The van der Waals surface area contributed by atoms with Crippen LogP contribution in [-0.4, -0.2) is 55.9 Å². The highest BCUT2D eigenvalue weighted by Gasteiger charge is 2.43. The molecule has 1 aliphatic rings. The molecule has 1 fully saturated rings. The van der Waals surface area contributed by atoms with Crippen LogP contribution in [0.15, 0.2) is 0 Å². The van der Waals surface area contributed by atoms with Crippen LogP contribution >= 0.6 is 0 Å². The van der Waals surface area contributed by atoms with Crippen molar-refractivity contribution in [2.75, 3.05) is 32.1 Å². The molecule has 1 rings (SSSR count). The van der Waals surface area contributed by atoms with E-state index in [-0.39, 0.29) is 18.9 Å². The molecular formula is C12H23NO5S. The van der Waals surface area contributed by atoms with Crippen molar-refractivity contribution in [2.24, 2.45) is 5.41 Å². The van der Waals surface area contributed by atoms with E-state index in [2.05, 4.69) is 0 Å². The number of aliphatic carboxylic acids is 1. The summed E-state index contributed by atoms with van der Waals surface area (Å²) in [5, 5.41) is 9.34. The van der Waals surface area contributed by atoms with E-state index in [1.165, 1.54) is 4.31 Å². The number of hydrogen-bond donors (Lipinski definition) is 1. The largest absolute Gasteiger partial charge is 0.481 e. The van der Waals surface area contributed by atoms with Crippen molar-refractivity contribution in [1.29, 1.82) is 0 Å². The van der Waals surface area contributed by atoms with Gasteiger partial charge in [0.1, 0.15) is 0 Å². The Labute approximate surface area is 114 Å². The van der Waals surface area contributed by atoms with Crippen molar-refractivity contribution >= 4 is 16.0 Å². The van der Waals surface area contributed by atoms with Gasteiger partial charge in [-0.15, -0.1) is 0 Å². The van der Waals surface area contributed by atoms with Gasteiger partial charge in [-0.25, -0.2) is 12.7 Å². The van der Waals surface area contributed by atoms with Crippen molar-refractivity contribution in [1.82, 2.24) is 4.31 Å². The Kier molecular flexibility index (Phi) is 5.76. The van der Waals surface area contributed by atoms with Crippen LogP contribution in [0.2, 0.25) is 0 Å². The molecule has 0 bridgehead atoms. The monoisotopic (exact) mass is 293 g/mol. The molecule has 0 aromatic rings. The number of carboxylic acid groups (broad SMARTS) is 1. The highest BCUT2D eigenvalue weighted by molar-refractivity contribution is 7.89. The van der Waals surface area contributed by atoms with Gasteiger partial charge in [0.25, 0.3) is 0 Å². The fourth-order valence-electron chi connectivity index (χ4n) is 2.38. The van der Waals surface area contributed by atoms with Crippen LogP contribution < -0.4 is 0 Å². The SMILES string of the molecule is CCOCCS(=O)(=O)N1CCCC(CC)(C(=O)O)C1. The molecular weight excluding hydrogens is 270 g/mol. The fourth-order valence-corrected chi connectivity index (χ4v) is 3.82. The maximum Gasteiger partial charge on any atom is 0.310 e. The Morgan fingerprint density at radius 1 is 1.42 bits per heavy atom. The zero-order valence-electron chi connectivity index (χ0n) is 11.6. The molecule has 112 valence electrons. The van der Waals surface area contributed by atoms with Gasteiger partial charge in [0, 0.05) is 19.7 Å². The zero-order valence-corrected chi connectivity index (χ0v) is 12.4. The number of nitrogens with zero attached hydrogens (tertiary/aromatic N) is 1. The third kappa shape index (κ3) is 3.90. The molecule has 0 spiro atoms. The minimum absolute atomic E-state index is 0.0767. The molecule has 19 heavy (non-hydrogen) atoms. The van der Waals surface area contributed by atoms with Crippen LogP contribution in [0.4, 0.5) is 0 Å². The molecule has 1 N–H and O–H groups in total. The first-order chi connectivity index (χ1) is 8.88. The summed E-state index contributed by atoms with van der Waals surface area (Å²) in [6.07, 6.45) is 1.57. The molecule has 1 heterocycles. The average molecular weight is 293 g/mol.